The first-order valence-corrected chi connectivity index (χ1v) is 7.84. The molecule has 1 amide bonds. The van der Waals surface area contributed by atoms with Gasteiger partial charge in [0.2, 0.25) is 5.91 Å². The van der Waals surface area contributed by atoms with Gasteiger partial charge in [0.25, 0.3) is 0 Å². The van der Waals surface area contributed by atoms with Crippen molar-refractivity contribution in [3.8, 4) is 0 Å². The first-order chi connectivity index (χ1) is 7.36. The fraction of sp³-hybridized carbons (Fsp3) is 0.900. The van der Waals surface area contributed by atoms with E-state index in [0.29, 0.717) is 5.92 Å². The lowest BCUT2D eigenvalue weighted by Crippen LogP contribution is -2.43. The summed E-state index contributed by atoms with van der Waals surface area (Å²) < 4.78 is 0. The van der Waals surface area contributed by atoms with Gasteiger partial charge < -0.3 is 5.32 Å². The molecule has 2 saturated heterocycles. The number of carbonyl (C=O) groups excluding carboxylic acids is 1. The number of hydrogen-bond donors (Lipinski definition) is 2. The minimum Gasteiger partial charge on any atom is -0.354 e. The number of hydrogen-bond acceptors (Lipinski definition) is 4. The maximum absolute atomic E-state index is 11.7. The van der Waals surface area contributed by atoms with Gasteiger partial charge in [0.1, 0.15) is 0 Å². The second kappa shape index (κ2) is 7.69. The molecular weight excluding hydrogens is 264 g/mol. The van der Waals surface area contributed by atoms with Gasteiger partial charge in [-0.1, -0.05) is 0 Å². The summed E-state index contributed by atoms with van der Waals surface area (Å²) in [5.41, 5.74) is 0. The first-order valence-electron chi connectivity index (χ1n) is 5.53. The van der Waals surface area contributed by atoms with Crippen LogP contribution in [0.1, 0.15) is 12.8 Å². The van der Waals surface area contributed by atoms with Crippen LogP contribution in [-0.2, 0) is 4.79 Å². The van der Waals surface area contributed by atoms with Crippen molar-refractivity contribution in [2.75, 3.05) is 29.7 Å². The van der Waals surface area contributed by atoms with E-state index in [2.05, 4.69) is 10.6 Å². The lowest BCUT2D eigenvalue weighted by Gasteiger charge is -2.22. The molecule has 0 aliphatic carbocycles. The normalized spacial score (nSPS) is 26.1. The summed E-state index contributed by atoms with van der Waals surface area (Å²) in [7, 11) is 0. The first kappa shape index (κ1) is 14.5. The van der Waals surface area contributed by atoms with Gasteiger partial charge >= 0.3 is 0 Å². The summed E-state index contributed by atoms with van der Waals surface area (Å²) in [6.07, 6.45) is 2.52. The van der Waals surface area contributed by atoms with Gasteiger partial charge in [-0.05, 0) is 30.3 Å². The Morgan fingerprint density at radius 2 is 2.06 bits per heavy atom. The van der Waals surface area contributed by atoms with Gasteiger partial charge in [0.05, 0.1) is 6.04 Å². The fourth-order valence-electron chi connectivity index (χ4n) is 1.88. The molecule has 2 aliphatic heterocycles. The molecule has 16 heavy (non-hydrogen) atoms. The van der Waals surface area contributed by atoms with E-state index in [9.17, 15) is 4.79 Å². The molecule has 2 rings (SSSR count). The average Bonchev–Trinajstić information content (AvgIpc) is 2.81. The summed E-state index contributed by atoms with van der Waals surface area (Å²) in [6, 6.07) is 0.0490. The van der Waals surface area contributed by atoms with Crippen LogP contribution in [0.5, 0.6) is 0 Å². The van der Waals surface area contributed by atoms with Crippen LogP contribution in [0.25, 0.3) is 0 Å². The zero-order chi connectivity index (χ0) is 10.5. The molecule has 1 unspecified atom stereocenters. The van der Waals surface area contributed by atoms with Gasteiger partial charge in [-0.25, -0.2) is 0 Å². The van der Waals surface area contributed by atoms with E-state index >= 15 is 0 Å². The number of thioether (sulfide) groups is 2. The molecule has 0 aromatic heterocycles. The summed E-state index contributed by atoms with van der Waals surface area (Å²) in [4.78, 5) is 11.7. The highest BCUT2D eigenvalue weighted by Crippen LogP contribution is 2.21. The van der Waals surface area contributed by atoms with Crippen molar-refractivity contribution in [2.45, 2.75) is 18.9 Å². The van der Waals surface area contributed by atoms with Crippen molar-refractivity contribution in [2.24, 2.45) is 5.92 Å². The van der Waals surface area contributed by atoms with E-state index in [1.807, 2.05) is 11.8 Å². The van der Waals surface area contributed by atoms with Crippen LogP contribution in [-0.4, -0.2) is 41.6 Å². The minimum absolute atomic E-state index is 0. The SMILES string of the molecule is Cl.O=C(NCC1CCSCC1)C1CSCN1. The quantitative estimate of drug-likeness (QED) is 0.820. The molecule has 2 heterocycles. The molecular formula is C10H19ClN2OS2. The Labute approximate surface area is 112 Å². The lowest BCUT2D eigenvalue weighted by molar-refractivity contribution is -0.122. The van der Waals surface area contributed by atoms with Gasteiger partial charge in [-0.3, -0.25) is 10.1 Å². The van der Waals surface area contributed by atoms with Crippen LogP contribution in [0.4, 0.5) is 0 Å². The Morgan fingerprint density at radius 1 is 1.31 bits per heavy atom. The van der Waals surface area contributed by atoms with Crippen molar-refractivity contribution in [3.63, 3.8) is 0 Å². The molecule has 94 valence electrons. The van der Waals surface area contributed by atoms with E-state index in [1.54, 1.807) is 11.8 Å². The maximum Gasteiger partial charge on any atom is 0.238 e. The Kier molecular flexibility index (Phi) is 6.96. The molecule has 0 spiro atoms. The van der Waals surface area contributed by atoms with Crippen LogP contribution in [0, 0.1) is 5.92 Å². The third-order valence-electron chi connectivity index (χ3n) is 2.94. The fourth-order valence-corrected chi connectivity index (χ4v) is 4.03. The number of rotatable bonds is 3. The lowest BCUT2D eigenvalue weighted by atomic mass is 10.0. The predicted molar refractivity (Wildman–Crippen MR) is 74.6 cm³/mol. The summed E-state index contributed by atoms with van der Waals surface area (Å²) >= 11 is 3.83. The van der Waals surface area contributed by atoms with Crippen LogP contribution < -0.4 is 10.6 Å². The Hall–Kier alpha value is 0.420. The second-order valence-corrected chi connectivity index (χ2v) is 6.33. The smallest absolute Gasteiger partial charge is 0.238 e. The highest BCUT2D eigenvalue weighted by atomic mass is 35.5. The topological polar surface area (TPSA) is 41.1 Å². The molecule has 3 nitrogen and oxygen atoms in total. The molecule has 2 aliphatic rings. The molecule has 0 radical (unpaired) electrons. The molecule has 0 aromatic carbocycles. The standard InChI is InChI=1S/C10H18N2OS2.ClH/c13-10(9-6-15-7-12-9)11-5-8-1-3-14-4-2-8;/h8-9,12H,1-7H2,(H,11,13);1H. The van der Waals surface area contributed by atoms with Gasteiger partial charge in [-0.15, -0.1) is 24.2 Å². The summed E-state index contributed by atoms with van der Waals surface area (Å²) in [5, 5.41) is 6.26. The van der Waals surface area contributed by atoms with Crippen molar-refractivity contribution >= 4 is 41.8 Å². The van der Waals surface area contributed by atoms with Crippen molar-refractivity contribution in [3.05, 3.63) is 0 Å². The summed E-state index contributed by atoms with van der Waals surface area (Å²) in [6.45, 7) is 0.877. The molecule has 1 atom stereocenters. The summed E-state index contributed by atoms with van der Waals surface area (Å²) in [5.74, 6) is 5.27. The molecule has 0 aromatic rings. The molecule has 2 fully saturated rings. The molecule has 6 heteroatoms. The van der Waals surface area contributed by atoms with Crippen LogP contribution in [0.3, 0.4) is 0 Å². The highest BCUT2D eigenvalue weighted by Gasteiger charge is 2.23. The number of nitrogens with one attached hydrogen (secondary N) is 2. The van der Waals surface area contributed by atoms with Crippen molar-refractivity contribution < 1.29 is 4.79 Å². The maximum atomic E-state index is 11.7. The molecule has 0 bridgehead atoms. The third kappa shape index (κ3) is 4.35. The van der Waals surface area contributed by atoms with E-state index < -0.39 is 0 Å². The van der Waals surface area contributed by atoms with Gasteiger partial charge in [0, 0.05) is 18.2 Å². The van der Waals surface area contributed by atoms with Crippen molar-refractivity contribution in [1.82, 2.24) is 10.6 Å². The predicted octanol–water partition coefficient (Wildman–Crippen LogP) is 1.33. The minimum atomic E-state index is 0. The zero-order valence-electron chi connectivity index (χ0n) is 9.24. The Balaban J connectivity index is 0.00000128. The van der Waals surface area contributed by atoms with E-state index in [-0.39, 0.29) is 24.4 Å². The monoisotopic (exact) mass is 282 g/mol. The Bertz CT molecular complexity index is 219. The van der Waals surface area contributed by atoms with Crippen molar-refractivity contribution in [1.29, 1.82) is 0 Å². The van der Waals surface area contributed by atoms with Gasteiger partial charge in [-0.2, -0.15) is 11.8 Å². The van der Waals surface area contributed by atoms with E-state index in [1.165, 1.54) is 24.3 Å². The average molecular weight is 283 g/mol. The van der Waals surface area contributed by atoms with Gasteiger partial charge in [0.15, 0.2) is 0 Å². The van der Waals surface area contributed by atoms with Crippen LogP contribution in [0.15, 0.2) is 0 Å². The van der Waals surface area contributed by atoms with E-state index in [4.69, 9.17) is 0 Å². The largest absolute Gasteiger partial charge is 0.354 e. The molecule has 0 saturated carbocycles. The number of halogens is 1. The zero-order valence-corrected chi connectivity index (χ0v) is 11.7. The molecule has 2 N–H and O–H groups in total. The highest BCUT2D eigenvalue weighted by molar-refractivity contribution is 7.99. The third-order valence-corrected chi connectivity index (χ3v) is 4.93. The Morgan fingerprint density at radius 3 is 2.69 bits per heavy atom. The number of amides is 1. The van der Waals surface area contributed by atoms with Crippen LogP contribution in [0.2, 0.25) is 0 Å². The van der Waals surface area contributed by atoms with E-state index in [0.717, 1.165) is 18.2 Å². The second-order valence-electron chi connectivity index (χ2n) is 4.07. The van der Waals surface area contributed by atoms with Crippen LogP contribution >= 0.6 is 35.9 Å². The number of carbonyl (C=O) groups is 1.